The largest absolute Gasteiger partial charge is 0.368 e. The number of hydrogen-bond donors (Lipinski definition) is 1. The van der Waals surface area contributed by atoms with Gasteiger partial charge in [-0.1, -0.05) is 39.0 Å². The highest BCUT2D eigenvalue weighted by Gasteiger charge is 2.26. The quantitative estimate of drug-likeness (QED) is 0.849. The van der Waals surface area contributed by atoms with Gasteiger partial charge in [0, 0.05) is 56.2 Å². The van der Waals surface area contributed by atoms with Gasteiger partial charge in [0.2, 0.25) is 0 Å². The zero-order valence-corrected chi connectivity index (χ0v) is 18.0. The van der Waals surface area contributed by atoms with Crippen molar-refractivity contribution in [3.8, 4) is 0 Å². The van der Waals surface area contributed by atoms with Crippen LogP contribution in [0.4, 0.5) is 16.2 Å². The van der Waals surface area contributed by atoms with Crippen molar-refractivity contribution in [1.29, 1.82) is 0 Å². The molecule has 0 aliphatic carbocycles. The summed E-state index contributed by atoms with van der Waals surface area (Å²) in [5.74, 6) is 0.0520. The monoisotopic (exact) mass is 406 g/mol. The van der Waals surface area contributed by atoms with Crippen LogP contribution in [0.1, 0.15) is 36.7 Å². The van der Waals surface area contributed by atoms with E-state index in [0.29, 0.717) is 31.7 Å². The van der Waals surface area contributed by atoms with E-state index in [1.807, 2.05) is 29.2 Å². The minimum atomic E-state index is -0.0827. The van der Waals surface area contributed by atoms with Gasteiger partial charge in [-0.2, -0.15) is 0 Å². The van der Waals surface area contributed by atoms with E-state index < -0.39 is 0 Å². The van der Waals surface area contributed by atoms with E-state index >= 15 is 0 Å². The van der Waals surface area contributed by atoms with Gasteiger partial charge in [-0.25, -0.2) is 4.79 Å². The molecular formula is C24H30N4O2. The number of hydrogen-bond acceptors (Lipinski definition) is 3. The molecule has 0 aromatic heterocycles. The number of rotatable bonds is 3. The maximum Gasteiger partial charge on any atom is 0.321 e. The molecule has 2 heterocycles. The number of nitrogens with zero attached hydrogens (tertiary/aromatic N) is 3. The van der Waals surface area contributed by atoms with Crippen LogP contribution < -0.4 is 15.1 Å². The summed E-state index contributed by atoms with van der Waals surface area (Å²) in [4.78, 5) is 30.8. The first-order valence-corrected chi connectivity index (χ1v) is 10.6. The van der Waals surface area contributed by atoms with E-state index in [0.717, 1.165) is 18.8 Å². The second-order valence-corrected chi connectivity index (χ2v) is 8.98. The molecule has 2 aliphatic heterocycles. The van der Waals surface area contributed by atoms with Crippen LogP contribution in [0, 0.1) is 0 Å². The molecule has 6 nitrogen and oxygen atoms in total. The number of benzene rings is 2. The number of piperazine rings is 1. The third-order valence-electron chi connectivity index (χ3n) is 5.90. The highest BCUT2D eigenvalue weighted by atomic mass is 16.2. The second kappa shape index (κ2) is 8.01. The van der Waals surface area contributed by atoms with Crippen LogP contribution in [0.2, 0.25) is 0 Å². The topological polar surface area (TPSA) is 55.9 Å². The summed E-state index contributed by atoms with van der Waals surface area (Å²) < 4.78 is 0. The summed E-state index contributed by atoms with van der Waals surface area (Å²) >= 11 is 0. The normalized spacial score (nSPS) is 17.3. The van der Waals surface area contributed by atoms with Gasteiger partial charge in [-0.3, -0.25) is 9.69 Å². The van der Waals surface area contributed by atoms with Crippen molar-refractivity contribution < 1.29 is 9.59 Å². The van der Waals surface area contributed by atoms with E-state index in [-0.39, 0.29) is 17.4 Å². The Morgan fingerprint density at radius 3 is 2.17 bits per heavy atom. The third-order valence-corrected chi connectivity index (χ3v) is 5.90. The number of amides is 3. The molecule has 6 heteroatoms. The fourth-order valence-corrected chi connectivity index (χ4v) is 4.22. The average molecular weight is 407 g/mol. The number of carbonyl (C=O) groups is 2. The van der Waals surface area contributed by atoms with E-state index in [2.05, 4.69) is 55.3 Å². The van der Waals surface area contributed by atoms with Gasteiger partial charge in [-0.15, -0.1) is 0 Å². The lowest BCUT2D eigenvalue weighted by atomic mass is 9.85. The fraction of sp³-hybridized carbons (Fsp3) is 0.417. The Morgan fingerprint density at radius 2 is 1.57 bits per heavy atom. The molecule has 30 heavy (non-hydrogen) atoms. The van der Waals surface area contributed by atoms with Gasteiger partial charge in [0.25, 0.3) is 5.91 Å². The Labute approximate surface area is 178 Å². The highest BCUT2D eigenvalue weighted by molar-refractivity contribution is 5.97. The molecule has 4 rings (SSSR count). The first-order chi connectivity index (χ1) is 14.3. The van der Waals surface area contributed by atoms with Gasteiger partial charge in [0.15, 0.2) is 0 Å². The van der Waals surface area contributed by atoms with Crippen LogP contribution in [0.15, 0.2) is 48.5 Å². The summed E-state index contributed by atoms with van der Waals surface area (Å²) in [6.07, 6.45) is 0. The van der Waals surface area contributed by atoms with Crippen molar-refractivity contribution in [2.75, 3.05) is 49.1 Å². The second-order valence-electron chi connectivity index (χ2n) is 8.98. The zero-order valence-electron chi connectivity index (χ0n) is 18.0. The van der Waals surface area contributed by atoms with Crippen LogP contribution in [-0.2, 0) is 5.41 Å². The first-order valence-electron chi connectivity index (χ1n) is 10.6. The standard InChI is InChI=1S/C24H30N4O2/c1-24(2,3)20-6-4-5-7-21(20)26-14-16-27(17-15-26)22(29)18-8-10-19(11-9-18)28-13-12-25-23(28)30/h4-11H,12-17H2,1-3H3,(H,25,30). The van der Waals surface area contributed by atoms with Crippen LogP contribution >= 0.6 is 0 Å². The molecule has 0 bridgehead atoms. The van der Waals surface area contributed by atoms with E-state index in [9.17, 15) is 9.59 Å². The molecule has 1 N–H and O–H groups in total. The molecule has 0 saturated carbocycles. The van der Waals surface area contributed by atoms with Crippen LogP contribution in [0.25, 0.3) is 0 Å². The van der Waals surface area contributed by atoms with Crippen molar-refractivity contribution in [2.24, 2.45) is 0 Å². The van der Waals surface area contributed by atoms with Gasteiger partial charge in [0.05, 0.1) is 0 Å². The molecule has 0 spiro atoms. The van der Waals surface area contributed by atoms with Crippen molar-refractivity contribution in [3.05, 3.63) is 59.7 Å². The lowest BCUT2D eigenvalue weighted by molar-refractivity contribution is 0.0746. The van der Waals surface area contributed by atoms with E-state index in [1.54, 1.807) is 4.90 Å². The molecule has 2 fully saturated rings. The predicted octanol–water partition coefficient (Wildman–Crippen LogP) is 3.48. The van der Waals surface area contributed by atoms with Crippen molar-refractivity contribution in [1.82, 2.24) is 10.2 Å². The molecule has 0 radical (unpaired) electrons. The number of nitrogens with one attached hydrogen (secondary N) is 1. The van der Waals surface area contributed by atoms with Crippen LogP contribution in [0.3, 0.4) is 0 Å². The van der Waals surface area contributed by atoms with Crippen LogP contribution in [0.5, 0.6) is 0 Å². The Morgan fingerprint density at radius 1 is 0.900 bits per heavy atom. The number of para-hydroxylation sites is 1. The van der Waals surface area contributed by atoms with Crippen LogP contribution in [-0.4, -0.2) is 56.1 Å². The maximum atomic E-state index is 13.0. The third kappa shape index (κ3) is 3.99. The van der Waals surface area contributed by atoms with Gasteiger partial charge in [0.1, 0.15) is 0 Å². The SMILES string of the molecule is CC(C)(C)c1ccccc1N1CCN(C(=O)c2ccc(N3CCNC3=O)cc2)CC1. The molecule has 158 valence electrons. The van der Waals surface area contributed by atoms with Crippen molar-refractivity contribution in [3.63, 3.8) is 0 Å². The minimum absolute atomic E-state index is 0.0520. The fourth-order valence-electron chi connectivity index (χ4n) is 4.22. The zero-order chi connectivity index (χ0) is 21.3. The summed E-state index contributed by atoms with van der Waals surface area (Å²) in [6, 6.07) is 15.8. The minimum Gasteiger partial charge on any atom is -0.368 e. The number of urea groups is 1. The number of carbonyl (C=O) groups excluding carboxylic acids is 2. The molecule has 2 aliphatic rings. The van der Waals surface area contributed by atoms with Crippen molar-refractivity contribution >= 4 is 23.3 Å². The average Bonchev–Trinajstić information content (AvgIpc) is 3.19. The highest BCUT2D eigenvalue weighted by Crippen LogP contribution is 2.32. The lowest BCUT2D eigenvalue weighted by Crippen LogP contribution is -2.49. The lowest BCUT2D eigenvalue weighted by Gasteiger charge is -2.38. The van der Waals surface area contributed by atoms with Gasteiger partial charge >= 0.3 is 6.03 Å². The molecular weight excluding hydrogens is 376 g/mol. The molecule has 2 aromatic carbocycles. The molecule has 0 unspecified atom stereocenters. The number of anilines is 2. The van der Waals surface area contributed by atoms with Gasteiger partial charge in [-0.05, 0) is 41.3 Å². The van der Waals surface area contributed by atoms with E-state index in [4.69, 9.17) is 0 Å². The Kier molecular flexibility index (Phi) is 5.41. The molecule has 2 saturated heterocycles. The summed E-state index contributed by atoms with van der Waals surface area (Å²) in [7, 11) is 0. The van der Waals surface area contributed by atoms with Gasteiger partial charge < -0.3 is 15.1 Å². The Bertz CT molecular complexity index is 925. The molecule has 3 amide bonds. The molecule has 2 aromatic rings. The summed E-state index contributed by atoms with van der Waals surface area (Å²) in [5.41, 5.74) is 4.18. The maximum absolute atomic E-state index is 13.0. The predicted molar refractivity (Wildman–Crippen MR) is 120 cm³/mol. The molecule has 0 atom stereocenters. The van der Waals surface area contributed by atoms with E-state index in [1.165, 1.54) is 11.3 Å². The van der Waals surface area contributed by atoms with Crippen molar-refractivity contribution in [2.45, 2.75) is 26.2 Å². The first kappa shape index (κ1) is 20.3. The summed E-state index contributed by atoms with van der Waals surface area (Å²) in [6.45, 7) is 11.1. The summed E-state index contributed by atoms with van der Waals surface area (Å²) in [5, 5.41) is 2.80. The Hall–Kier alpha value is -3.02. The smallest absolute Gasteiger partial charge is 0.321 e. The Balaban J connectivity index is 1.41.